The number of nitrogens with zero attached hydrogens (tertiary/aromatic N) is 1. The smallest absolute Gasteiger partial charge is 0.212 e. The zero-order chi connectivity index (χ0) is 16.5. The summed E-state index contributed by atoms with van der Waals surface area (Å²) in [5.41, 5.74) is 0.887. The van der Waals surface area contributed by atoms with Crippen LogP contribution in [-0.2, 0) is 15.8 Å². The molecule has 3 nitrogen and oxygen atoms in total. The highest BCUT2D eigenvalue weighted by Gasteiger charge is 2.33. The summed E-state index contributed by atoms with van der Waals surface area (Å²) in [6.45, 7) is 2.93. The van der Waals surface area contributed by atoms with E-state index in [1.54, 1.807) is 4.31 Å². The molecule has 1 aliphatic rings. The topological polar surface area (TPSA) is 37.4 Å². The Hall–Kier alpha value is -0.870. The Morgan fingerprint density at radius 2 is 1.74 bits per heavy atom. The van der Waals surface area contributed by atoms with Crippen molar-refractivity contribution in [3.63, 3.8) is 0 Å². The van der Waals surface area contributed by atoms with Gasteiger partial charge in [0.1, 0.15) is 0 Å². The summed E-state index contributed by atoms with van der Waals surface area (Å²) < 4.78 is 27.2. The van der Waals surface area contributed by atoms with Crippen molar-refractivity contribution >= 4 is 10.0 Å². The lowest BCUT2D eigenvalue weighted by Gasteiger charge is -2.24. The predicted octanol–water partition coefficient (Wildman–Crippen LogP) is 4.73. The van der Waals surface area contributed by atoms with Crippen LogP contribution in [0.15, 0.2) is 30.3 Å². The molecule has 1 saturated heterocycles. The first-order chi connectivity index (χ1) is 11.1. The maximum Gasteiger partial charge on any atom is 0.218 e. The summed E-state index contributed by atoms with van der Waals surface area (Å²) >= 11 is 0. The second-order valence-corrected chi connectivity index (χ2v) is 8.63. The van der Waals surface area contributed by atoms with Gasteiger partial charge in [-0.3, -0.25) is 0 Å². The Morgan fingerprint density at radius 3 is 2.48 bits per heavy atom. The largest absolute Gasteiger partial charge is 0.218 e. The van der Waals surface area contributed by atoms with E-state index in [1.807, 2.05) is 30.3 Å². The molecule has 1 fully saturated rings. The van der Waals surface area contributed by atoms with Gasteiger partial charge in [0, 0.05) is 12.6 Å². The van der Waals surface area contributed by atoms with Crippen molar-refractivity contribution < 1.29 is 8.42 Å². The number of hydrogen-bond acceptors (Lipinski definition) is 2. The molecule has 0 amide bonds. The van der Waals surface area contributed by atoms with E-state index in [1.165, 1.54) is 32.1 Å². The molecule has 0 aliphatic carbocycles. The van der Waals surface area contributed by atoms with Crippen LogP contribution in [0.4, 0.5) is 0 Å². The third kappa shape index (κ3) is 5.92. The van der Waals surface area contributed by atoms with Gasteiger partial charge in [-0.05, 0) is 24.8 Å². The van der Waals surface area contributed by atoms with Gasteiger partial charge in [-0.1, -0.05) is 75.8 Å². The van der Waals surface area contributed by atoms with E-state index in [-0.39, 0.29) is 11.8 Å². The van der Waals surface area contributed by atoms with E-state index < -0.39 is 10.0 Å². The first-order valence-electron chi connectivity index (χ1n) is 9.17. The molecule has 0 radical (unpaired) electrons. The number of rotatable bonds is 10. The van der Waals surface area contributed by atoms with Crippen LogP contribution < -0.4 is 0 Å². The van der Waals surface area contributed by atoms with Crippen molar-refractivity contribution in [2.75, 3.05) is 6.54 Å². The van der Waals surface area contributed by atoms with Crippen LogP contribution in [0.5, 0.6) is 0 Å². The van der Waals surface area contributed by atoms with Crippen LogP contribution in [0.3, 0.4) is 0 Å². The van der Waals surface area contributed by atoms with Gasteiger partial charge in [0.25, 0.3) is 0 Å². The minimum Gasteiger partial charge on any atom is -0.212 e. The van der Waals surface area contributed by atoms with E-state index in [0.29, 0.717) is 6.54 Å². The zero-order valence-electron chi connectivity index (χ0n) is 14.4. The van der Waals surface area contributed by atoms with Crippen molar-refractivity contribution in [2.45, 2.75) is 76.5 Å². The van der Waals surface area contributed by atoms with Crippen LogP contribution in [0.2, 0.25) is 0 Å². The second kappa shape index (κ2) is 9.43. The van der Waals surface area contributed by atoms with Gasteiger partial charge >= 0.3 is 0 Å². The van der Waals surface area contributed by atoms with Crippen LogP contribution >= 0.6 is 0 Å². The maximum atomic E-state index is 12.7. The van der Waals surface area contributed by atoms with Crippen LogP contribution in [-0.4, -0.2) is 25.3 Å². The van der Waals surface area contributed by atoms with Crippen LogP contribution in [0.25, 0.3) is 0 Å². The molecule has 2 rings (SSSR count). The van der Waals surface area contributed by atoms with Crippen LogP contribution in [0.1, 0.15) is 70.3 Å². The summed E-state index contributed by atoms with van der Waals surface area (Å²) in [7, 11) is -3.18. The molecule has 1 aliphatic heterocycles. The minimum atomic E-state index is -3.18. The summed E-state index contributed by atoms with van der Waals surface area (Å²) in [6, 6.07) is 9.76. The Kier molecular flexibility index (Phi) is 7.57. The molecule has 1 aromatic carbocycles. The summed E-state index contributed by atoms with van der Waals surface area (Å²) in [5, 5.41) is 0. The van der Waals surface area contributed by atoms with Gasteiger partial charge in [0.15, 0.2) is 0 Å². The summed E-state index contributed by atoms with van der Waals surface area (Å²) in [6.07, 6.45) is 10.7. The van der Waals surface area contributed by atoms with E-state index in [0.717, 1.165) is 31.2 Å². The maximum absolute atomic E-state index is 12.7. The lowest BCUT2D eigenvalue weighted by Crippen LogP contribution is -2.36. The Morgan fingerprint density at radius 1 is 1.04 bits per heavy atom. The average Bonchev–Trinajstić information content (AvgIpc) is 3.01. The Labute approximate surface area is 142 Å². The minimum absolute atomic E-state index is 0.140. The van der Waals surface area contributed by atoms with Crippen molar-refractivity contribution in [3.8, 4) is 0 Å². The summed E-state index contributed by atoms with van der Waals surface area (Å²) in [4.78, 5) is 0. The molecule has 1 heterocycles. The molecule has 130 valence electrons. The molecule has 1 atom stereocenters. The quantitative estimate of drug-likeness (QED) is 0.579. The molecule has 0 spiro atoms. The molecular weight excluding hydrogens is 306 g/mol. The molecule has 4 heteroatoms. The molecule has 0 N–H and O–H groups in total. The molecule has 0 aromatic heterocycles. The fourth-order valence-corrected chi connectivity index (χ4v) is 5.34. The first-order valence-corrected chi connectivity index (χ1v) is 10.8. The van der Waals surface area contributed by atoms with Gasteiger partial charge in [-0.25, -0.2) is 8.42 Å². The highest BCUT2D eigenvalue weighted by atomic mass is 32.2. The Bertz CT molecular complexity index is 542. The molecule has 1 aromatic rings. The van der Waals surface area contributed by atoms with Gasteiger partial charge in [0.2, 0.25) is 10.0 Å². The highest BCUT2D eigenvalue weighted by molar-refractivity contribution is 7.88. The monoisotopic (exact) mass is 337 g/mol. The van der Waals surface area contributed by atoms with E-state index >= 15 is 0 Å². The molecular formula is C19H31NO2S. The number of hydrogen-bond donors (Lipinski definition) is 0. The van der Waals surface area contributed by atoms with Crippen molar-refractivity contribution in [3.05, 3.63) is 35.9 Å². The van der Waals surface area contributed by atoms with Crippen molar-refractivity contribution in [2.24, 2.45) is 0 Å². The highest BCUT2D eigenvalue weighted by Crippen LogP contribution is 2.27. The lowest BCUT2D eigenvalue weighted by molar-refractivity contribution is 0.359. The normalized spacial score (nSPS) is 19.3. The second-order valence-electron chi connectivity index (χ2n) is 6.71. The van der Waals surface area contributed by atoms with E-state index in [9.17, 15) is 8.42 Å². The molecule has 1 unspecified atom stereocenters. The van der Waals surface area contributed by atoms with Gasteiger partial charge in [-0.15, -0.1) is 0 Å². The van der Waals surface area contributed by atoms with Gasteiger partial charge in [0.05, 0.1) is 5.75 Å². The SMILES string of the molecule is CCCCCCCCC1CCCN1S(=O)(=O)Cc1ccccc1. The summed E-state index contributed by atoms with van der Waals surface area (Å²) in [5.74, 6) is 0.140. The van der Waals surface area contributed by atoms with Gasteiger partial charge < -0.3 is 0 Å². The molecule has 0 bridgehead atoms. The Balaban J connectivity index is 1.82. The fraction of sp³-hybridized carbons (Fsp3) is 0.684. The predicted molar refractivity (Wildman–Crippen MR) is 96.8 cm³/mol. The fourth-order valence-electron chi connectivity index (χ4n) is 3.49. The third-order valence-electron chi connectivity index (χ3n) is 4.76. The van der Waals surface area contributed by atoms with E-state index in [2.05, 4.69) is 6.92 Å². The third-order valence-corrected chi connectivity index (χ3v) is 6.66. The van der Waals surface area contributed by atoms with Crippen molar-refractivity contribution in [1.82, 2.24) is 4.31 Å². The number of benzene rings is 1. The molecule has 0 saturated carbocycles. The molecule has 23 heavy (non-hydrogen) atoms. The average molecular weight is 338 g/mol. The van der Waals surface area contributed by atoms with E-state index in [4.69, 9.17) is 0 Å². The lowest BCUT2D eigenvalue weighted by atomic mass is 10.0. The van der Waals surface area contributed by atoms with Crippen LogP contribution in [0, 0.1) is 0 Å². The van der Waals surface area contributed by atoms with Crippen molar-refractivity contribution in [1.29, 1.82) is 0 Å². The zero-order valence-corrected chi connectivity index (χ0v) is 15.2. The van der Waals surface area contributed by atoms with Gasteiger partial charge in [-0.2, -0.15) is 4.31 Å². The number of sulfonamides is 1. The standard InChI is InChI=1S/C19H31NO2S/c1-2-3-4-5-6-10-14-19-15-11-16-20(19)23(21,22)17-18-12-8-7-9-13-18/h7-9,12-13,19H,2-6,10-11,14-17H2,1H3. The first kappa shape index (κ1) is 18.5. The number of unbranched alkanes of at least 4 members (excludes halogenated alkanes) is 5.